The largest absolute Gasteiger partial charge is 0.380 e. The fraction of sp³-hybridized carbons (Fsp3) is 0.562. The second kappa shape index (κ2) is 6.27. The molecule has 7 nitrogen and oxygen atoms in total. The Kier molecular flexibility index (Phi) is 4.11. The van der Waals surface area contributed by atoms with E-state index >= 15 is 0 Å². The number of nitrogens with zero attached hydrogens (tertiary/aromatic N) is 3. The number of rotatable bonds is 5. The Balaban J connectivity index is 1.40. The third-order valence-corrected chi connectivity index (χ3v) is 5.73. The zero-order valence-electron chi connectivity index (χ0n) is 13.5. The molecule has 0 unspecified atom stereocenters. The van der Waals surface area contributed by atoms with Crippen molar-refractivity contribution in [1.82, 2.24) is 20.4 Å². The average Bonchev–Trinajstić information content (AvgIpc) is 3.29. The fourth-order valence-corrected chi connectivity index (χ4v) is 4.30. The lowest BCUT2D eigenvalue weighted by molar-refractivity contribution is 0.0869. The van der Waals surface area contributed by atoms with Gasteiger partial charge in [0.05, 0.1) is 30.1 Å². The Labute approximate surface area is 144 Å². The van der Waals surface area contributed by atoms with E-state index in [0.717, 1.165) is 36.9 Å². The number of thiazole rings is 1. The van der Waals surface area contributed by atoms with Crippen LogP contribution in [0.25, 0.3) is 0 Å². The van der Waals surface area contributed by atoms with Crippen molar-refractivity contribution in [2.24, 2.45) is 11.3 Å². The molecule has 4 rings (SSSR count). The Bertz CT molecular complexity index is 717. The first-order valence-electron chi connectivity index (χ1n) is 8.05. The van der Waals surface area contributed by atoms with Crippen LogP contribution < -0.4 is 5.32 Å². The molecule has 4 heterocycles. The van der Waals surface area contributed by atoms with Crippen molar-refractivity contribution in [1.29, 1.82) is 0 Å². The van der Waals surface area contributed by atoms with Crippen LogP contribution in [0.5, 0.6) is 0 Å². The van der Waals surface area contributed by atoms with Gasteiger partial charge in [0.2, 0.25) is 5.76 Å². The first-order valence-corrected chi connectivity index (χ1v) is 8.93. The minimum absolute atomic E-state index is 0.0270. The number of hydrogen-bond acceptors (Lipinski definition) is 7. The molecule has 0 bridgehead atoms. The standard InChI is InChI=1S/C16H20N4O3S/c1-11-19-13(7-24-11)5-20-4-12-6-22-10-16(12,9-20)8-17-15(21)14-2-3-18-23-14/h2-3,7,12H,4-6,8-10H2,1H3,(H,17,21)/t12-,16+/m1/s1. The molecular formula is C16H20N4O3S. The first-order chi connectivity index (χ1) is 11.6. The van der Waals surface area contributed by atoms with E-state index in [4.69, 9.17) is 9.26 Å². The van der Waals surface area contributed by atoms with Crippen LogP contribution in [0.3, 0.4) is 0 Å². The van der Waals surface area contributed by atoms with Gasteiger partial charge in [-0.1, -0.05) is 5.16 Å². The Morgan fingerprint density at radius 3 is 3.25 bits per heavy atom. The minimum atomic E-state index is -0.221. The zero-order chi connectivity index (χ0) is 16.6. The highest BCUT2D eigenvalue weighted by molar-refractivity contribution is 7.09. The van der Waals surface area contributed by atoms with E-state index in [-0.39, 0.29) is 17.1 Å². The molecule has 128 valence electrons. The predicted octanol–water partition coefficient (Wildman–Crippen LogP) is 1.32. The van der Waals surface area contributed by atoms with Gasteiger partial charge in [-0.05, 0) is 6.92 Å². The lowest BCUT2D eigenvalue weighted by Gasteiger charge is -2.27. The number of amides is 1. The zero-order valence-corrected chi connectivity index (χ0v) is 14.3. The summed E-state index contributed by atoms with van der Waals surface area (Å²) in [6, 6.07) is 1.57. The van der Waals surface area contributed by atoms with Gasteiger partial charge < -0.3 is 14.6 Å². The Morgan fingerprint density at radius 1 is 1.58 bits per heavy atom. The number of nitrogens with one attached hydrogen (secondary N) is 1. The van der Waals surface area contributed by atoms with E-state index in [0.29, 0.717) is 19.1 Å². The van der Waals surface area contributed by atoms with Crippen molar-refractivity contribution in [3.8, 4) is 0 Å². The molecule has 1 N–H and O–H groups in total. The normalized spacial score (nSPS) is 26.6. The van der Waals surface area contributed by atoms with Crippen LogP contribution in [-0.2, 0) is 11.3 Å². The highest BCUT2D eigenvalue weighted by Gasteiger charge is 2.50. The van der Waals surface area contributed by atoms with Crippen LogP contribution >= 0.6 is 11.3 Å². The van der Waals surface area contributed by atoms with Crippen LogP contribution in [0.4, 0.5) is 0 Å². The van der Waals surface area contributed by atoms with Crippen LogP contribution in [0.1, 0.15) is 21.3 Å². The number of fused-ring (bicyclic) bond motifs is 1. The molecule has 0 saturated carbocycles. The smallest absolute Gasteiger partial charge is 0.289 e. The van der Waals surface area contributed by atoms with E-state index in [9.17, 15) is 4.79 Å². The molecule has 8 heteroatoms. The molecule has 2 aromatic rings. The average molecular weight is 348 g/mol. The summed E-state index contributed by atoms with van der Waals surface area (Å²) in [5.41, 5.74) is 1.10. The number of aromatic nitrogens is 2. The summed E-state index contributed by atoms with van der Waals surface area (Å²) in [6.45, 7) is 6.80. The molecule has 0 aromatic carbocycles. The molecule has 24 heavy (non-hydrogen) atoms. The first kappa shape index (κ1) is 15.7. The van der Waals surface area contributed by atoms with Gasteiger partial charge in [0.1, 0.15) is 0 Å². The van der Waals surface area contributed by atoms with Crippen LogP contribution in [0, 0.1) is 18.3 Å². The van der Waals surface area contributed by atoms with Gasteiger partial charge >= 0.3 is 0 Å². The summed E-state index contributed by atoms with van der Waals surface area (Å²) >= 11 is 1.69. The molecule has 2 atom stereocenters. The summed E-state index contributed by atoms with van der Waals surface area (Å²) in [5.74, 6) is 0.461. The number of hydrogen-bond donors (Lipinski definition) is 1. The van der Waals surface area contributed by atoms with Crippen molar-refractivity contribution in [2.45, 2.75) is 13.5 Å². The molecule has 0 spiro atoms. The van der Waals surface area contributed by atoms with Crippen LogP contribution in [0.15, 0.2) is 22.2 Å². The summed E-state index contributed by atoms with van der Waals surface area (Å²) in [6.07, 6.45) is 1.47. The lowest BCUT2D eigenvalue weighted by Crippen LogP contribution is -2.43. The monoisotopic (exact) mass is 348 g/mol. The van der Waals surface area contributed by atoms with E-state index in [2.05, 4.69) is 25.7 Å². The number of likely N-dealkylation sites (tertiary alicyclic amines) is 1. The van der Waals surface area contributed by atoms with Crippen molar-refractivity contribution in [3.63, 3.8) is 0 Å². The van der Waals surface area contributed by atoms with E-state index < -0.39 is 0 Å². The summed E-state index contributed by atoms with van der Waals surface area (Å²) in [4.78, 5) is 19.1. The second-order valence-corrected chi connectivity index (χ2v) is 7.72. The van der Waals surface area contributed by atoms with Crippen LogP contribution in [0.2, 0.25) is 0 Å². The molecule has 1 amide bonds. The van der Waals surface area contributed by atoms with Gasteiger partial charge in [0.25, 0.3) is 5.91 Å². The molecule has 2 aromatic heterocycles. The highest BCUT2D eigenvalue weighted by atomic mass is 32.1. The third kappa shape index (κ3) is 2.97. The number of ether oxygens (including phenoxy) is 1. The maximum absolute atomic E-state index is 12.1. The van der Waals surface area contributed by atoms with Gasteiger partial charge in [0, 0.05) is 49.0 Å². The second-order valence-electron chi connectivity index (χ2n) is 6.66. The molecule has 2 fully saturated rings. The molecular weight excluding hydrogens is 328 g/mol. The molecule has 0 aliphatic carbocycles. The number of carbonyl (C=O) groups excluding carboxylic acids is 1. The van der Waals surface area contributed by atoms with Crippen molar-refractivity contribution in [3.05, 3.63) is 34.1 Å². The Hall–Kier alpha value is -1.77. The van der Waals surface area contributed by atoms with E-state index in [1.807, 2.05) is 6.92 Å². The SMILES string of the molecule is Cc1nc(CN2C[C@@H]3COC[C@]3(CNC(=O)c3ccno3)C2)cs1. The lowest BCUT2D eigenvalue weighted by atomic mass is 9.81. The molecule has 2 saturated heterocycles. The van der Waals surface area contributed by atoms with E-state index in [1.54, 1.807) is 17.4 Å². The number of aryl methyl sites for hydroxylation is 1. The van der Waals surface area contributed by atoms with Gasteiger partial charge in [-0.15, -0.1) is 11.3 Å². The van der Waals surface area contributed by atoms with Gasteiger partial charge in [-0.2, -0.15) is 0 Å². The van der Waals surface area contributed by atoms with Crippen molar-refractivity contribution >= 4 is 17.2 Å². The third-order valence-electron chi connectivity index (χ3n) is 4.91. The summed E-state index contributed by atoms with van der Waals surface area (Å²) in [5, 5.41) is 9.78. The van der Waals surface area contributed by atoms with Crippen molar-refractivity contribution < 1.29 is 14.1 Å². The highest BCUT2D eigenvalue weighted by Crippen LogP contribution is 2.41. The van der Waals surface area contributed by atoms with Crippen molar-refractivity contribution in [2.75, 3.05) is 32.8 Å². The number of carbonyl (C=O) groups is 1. The summed E-state index contributed by atoms with van der Waals surface area (Å²) in [7, 11) is 0. The summed E-state index contributed by atoms with van der Waals surface area (Å²) < 4.78 is 10.6. The molecule has 0 radical (unpaired) electrons. The van der Waals surface area contributed by atoms with E-state index in [1.165, 1.54) is 6.20 Å². The minimum Gasteiger partial charge on any atom is -0.380 e. The molecule has 2 aliphatic heterocycles. The quantitative estimate of drug-likeness (QED) is 0.878. The molecule has 2 aliphatic rings. The Morgan fingerprint density at radius 2 is 2.50 bits per heavy atom. The topological polar surface area (TPSA) is 80.5 Å². The van der Waals surface area contributed by atoms with Crippen LogP contribution in [-0.4, -0.2) is 53.8 Å². The van der Waals surface area contributed by atoms with Gasteiger partial charge in [0.15, 0.2) is 0 Å². The predicted molar refractivity (Wildman–Crippen MR) is 87.7 cm³/mol. The maximum atomic E-state index is 12.1. The maximum Gasteiger partial charge on any atom is 0.289 e. The van der Waals surface area contributed by atoms with Gasteiger partial charge in [-0.3, -0.25) is 9.69 Å². The fourth-order valence-electron chi connectivity index (χ4n) is 3.70. The van der Waals surface area contributed by atoms with Gasteiger partial charge in [-0.25, -0.2) is 4.98 Å².